The number of carbonyl (C=O) groups excluding carboxylic acids is 2. The van der Waals surface area contributed by atoms with Gasteiger partial charge in [-0.3, -0.25) is 0 Å². The minimum atomic E-state index is -6.38. The van der Waals surface area contributed by atoms with E-state index in [9.17, 15) is 31.5 Å². The SMILES string of the molecule is C=CC(=O)Oc1ccccc1C(F)(c1ccccc1OC(=O)C=C)C(F)(F)C(F)(F)F. The molecule has 0 saturated heterocycles. The first-order valence-corrected chi connectivity index (χ1v) is 8.41. The Morgan fingerprint density at radius 1 is 0.710 bits per heavy atom. The molecule has 0 aliphatic carbocycles. The molecule has 0 aliphatic heterocycles. The van der Waals surface area contributed by atoms with Crippen molar-refractivity contribution in [3.63, 3.8) is 0 Å². The first kappa shape index (κ1) is 23.7. The Hall–Kier alpha value is -3.56. The monoisotopic (exact) mass is 444 g/mol. The van der Waals surface area contributed by atoms with Crippen molar-refractivity contribution in [2.45, 2.75) is 17.8 Å². The second kappa shape index (κ2) is 8.66. The number of para-hydroxylation sites is 2. The molecule has 164 valence electrons. The van der Waals surface area contributed by atoms with Crippen LogP contribution in [-0.2, 0) is 15.3 Å². The molecule has 2 aromatic carbocycles. The summed E-state index contributed by atoms with van der Waals surface area (Å²) >= 11 is 0. The van der Waals surface area contributed by atoms with E-state index in [1.165, 1.54) is 0 Å². The lowest BCUT2D eigenvalue weighted by atomic mass is 9.81. The van der Waals surface area contributed by atoms with Crippen LogP contribution in [0.5, 0.6) is 11.5 Å². The molecular formula is C21H14F6O4. The summed E-state index contributed by atoms with van der Waals surface area (Å²) in [6.07, 6.45) is -5.16. The van der Waals surface area contributed by atoms with Gasteiger partial charge in [-0.05, 0) is 12.1 Å². The van der Waals surface area contributed by atoms with Crippen LogP contribution in [0.25, 0.3) is 0 Å². The first-order valence-electron chi connectivity index (χ1n) is 8.41. The zero-order valence-electron chi connectivity index (χ0n) is 15.6. The second-order valence-corrected chi connectivity index (χ2v) is 5.97. The fourth-order valence-corrected chi connectivity index (χ4v) is 2.66. The third kappa shape index (κ3) is 4.32. The Bertz CT molecular complexity index is 947. The fraction of sp³-hybridized carbons (Fsp3) is 0.143. The topological polar surface area (TPSA) is 52.6 Å². The molecule has 0 amide bonds. The van der Waals surface area contributed by atoms with Crippen molar-refractivity contribution in [1.82, 2.24) is 0 Å². The molecule has 2 rings (SSSR count). The molecule has 0 unspecified atom stereocenters. The lowest BCUT2D eigenvalue weighted by Gasteiger charge is -2.36. The van der Waals surface area contributed by atoms with Crippen molar-refractivity contribution < 1.29 is 45.4 Å². The van der Waals surface area contributed by atoms with Gasteiger partial charge in [0.15, 0.2) is 0 Å². The number of halogens is 6. The molecule has 0 heterocycles. The number of rotatable bonds is 7. The van der Waals surface area contributed by atoms with Gasteiger partial charge in [-0.25, -0.2) is 14.0 Å². The highest BCUT2D eigenvalue weighted by molar-refractivity contribution is 5.84. The molecule has 0 N–H and O–H groups in total. The van der Waals surface area contributed by atoms with Gasteiger partial charge in [0.1, 0.15) is 11.5 Å². The average Bonchev–Trinajstić information content (AvgIpc) is 2.72. The summed E-state index contributed by atoms with van der Waals surface area (Å²) in [5.41, 5.74) is -7.31. The normalized spacial score (nSPS) is 12.1. The molecular weight excluding hydrogens is 430 g/mol. The van der Waals surface area contributed by atoms with Crippen LogP contribution < -0.4 is 9.47 Å². The van der Waals surface area contributed by atoms with Crippen molar-refractivity contribution in [2.75, 3.05) is 0 Å². The van der Waals surface area contributed by atoms with Gasteiger partial charge in [0.05, 0.1) is 0 Å². The number of benzene rings is 2. The lowest BCUT2D eigenvalue weighted by Crippen LogP contribution is -2.53. The summed E-state index contributed by atoms with van der Waals surface area (Å²) in [5, 5.41) is 0. The van der Waals surface area contributed by atoms with Crippen LogP contribution in [0.3, 0.4) is 0 Å². The van der Waals surface area contributed by atoms with Crippen molar-refractivity contribution in [1.29, 1.82) is 0 Å². The van der Waals surface area contributed by atoms with E-state index in [0.717, 1.165) is 36.4 Å². The van der Waals surface area contributed by atoms with Crippen LogP contribution in [0.2, 0.25) is 0 Å². The largest absolute Gasteiger partial charge is 0.457 e. The molecule has 10 heteroatoms. The first-order chi connectivity index (χ1) is 14.4. The minimum absolute atomic E-state index is 0.595. The summed E-state index contributed by atoms with van der Waals surface area (Å²) in [6.45, 7) is 6.18. The fourth-order valence-electron chi connectivity index (χ4n) is 2.66. The van der Waals surface area contributed by atoms with E-state index in [1.54, 1.807) is 0 Å². The standard InChI is InChI=1S/C21H14F6O4/c1-3-17(28)30-15-11-7-5-9-13(15)19(22,20(23,24)21(25,26)27)14-10-6-8-12-16(14)31-18(29)4-2/h3-12H,1-2H2. The van der Waals surface area contributed by atoms with Gasteiger partial charge in [-0.1, -0.05) is 49.6 Å². The van der Waals surface area contributed by atoms with E-state index in [1.807, 2.05) is 0 Å². The number of esters is 2. The van der Waals surface area contributed by atoms with Gasteiger partial charge in [-0.15, -0.1) is 0 Å². The molecule has 0 atom stereocenters. The third-order valence-corrected chi connectivity index (χ3v) is 4.06. The molecule has 0 aliphatic rings. The van der Waals surface area contributed by atoms with E-state index in [4.69, 9.17) is 9.47 Å². The lowest BCUT2D eigenvalue weighted by molar-refractivity contribution is -0.323. The molecule has 0 radical (unpaired) electrons. The maximum Gasteiger partial charge on any atom is 0.457 e. The molecule has 0 spiro atoms. The molecule has 0 bridgehead atoms. The number of hydrogen-bond donors (Lipinski definition) is 0. The van der Waals surface area contributed by atoms with E-state index in [2.05, 4.69) is 13.2 Å². The Morgan fingerprint density at radius 3 is 1.39 bits per heavy atom. The Morgan fingerprint density at radius 2 is 1.06 bits per heavy atom. The smallest absolute Gasteiger partial charge is 0.423 e. The van der Waals surface area contributed by atoms with E-state index in [-0.39, 0.29) is 0 Å². The van der Waals surface area contributed by atoms with Crippen molar-refractivity contribution >= 4 is 11.9 Å². The number of carbonyl (C=O) groups is 2. The third-order valence-electron chi connectivity index (χ3n) is 4.06. The van der Waals surface area contributed by atoms with Gasteiger partial charge in [0.25, 0.3) is 0 Å². The maximum absolute atomic E-state index is 16.3. The molecule has 4 nitrogen and oxygen atoms in total. The summed E-state index contributed by atoms with van der Waals surface area (Å²) in [6, 6.07) is 7.05. The van der Waals surface area contributed by atoms with Gasteiger partial charge in [0.2, 0.25) is 5.67 Å². The van der Waals surface area contributed by atoms with Gasteiger partial charge < -0.3 is 9.47 Å². The van der Waals surface area contributed by atoms with Crippen molar-refractivity contribution in [2.24, 2.45) is 0 Å². The van der Waals surface area contributed by atoms with Crippen LogP contribution >= 0.6 is 0 Å². The van der Waals surface area contributed by atoms with E-state index >= 15 is 4.39 Å². The Labute approximate surface area is 172 Å². The van der Waals surface area contributed by atoms with Crippen molar-refractivity contribution in [3.05, 3.63) is 85.0 Å². The van der Waals surface area contributed by atoms with Gasteiger partial charge in [0, 0.05) is 23.3 Å². The Kier molecular flexibility index (Phi) is 6.63. The summed E-state index contributed by atoms with van der Waals surface area (Å²) in [4.78, 5) is 23.1. The predicted octanol–water partition coefficient (Wildman–Crippen LogP) is 5.28. The zero-order valence-corrected chi connectivity index (χ0v) is 15.6. The van der Waals surface area contributed by atoms with Crippen LogP contribution in [0.4, 0.5) is 26.3 Å². The van der Waals surface area contributed by atoms with Crippen LogP contribution in [0, 0.1) is 0 Å². The maximum atomic E-state index is 16.3. The molecule has 2 aromatic rings. The predicted molar refractivity (Wildman–Crippen MR) is 97.4 cm³/mol. The number of hydrogen-bond acceptors (Lipinski definition) is 4. The van der Waals surface area contributed by atoms with Crippen LogP contribution in [0.15, 0.2) is 73.8 Å². The van der Waals surface area contributed by atoms with Gasteiger partial charge >= 0.3 is 24.0 Å². The minimum Gasteiger partial charge on any atom is -0.423 e. The molecule has 0 fully saturated rings. The molecule has 31 heavy (non-hydrogen) atoms. The molecule has 0 aromatic heterocycles. The number of ether oxygens (including phenoxy) is 2. The van der Waals surface area contributed by atoms with Crippen molar-refractivity contribution in [3.8, 4) is 11.5 Å². The summed E-state index contributed by atoms with van der Waals surface area (Å²) in [5.74, 6) is -10.3. The van der Waals surface area contributed by atoms with Crippen LogP contribution in [-0.4, -0.2) is 24.0 Å². The Balaban J connectivity index is 2.91. The molecule has 0 saturated carbocycles. The average molecular weight is 444 g/mol. The van der Waals surface area contributed by atoms with E-state index in [0.29, 0.717) is 24.3 Å². The van der Waals surface area contributed by atoms with Crippen LogP contribution in [0.1, 0.15) is 11.1 Å². The summed E-state index contributed by atoms with van der Waals surface area (Å²) in [7, 11) is 0. The van der Waals surface area contributed by atoms with E-state index < -0.39 is 52.3 Å². The highest BCUT2D eigenvalue weighted by atomic mass is 19.4. The number of alkyl halides is 6. The van der Waals surface area contributed by atoms with Gasteiger partial charge in [-0.2, -0.15) is 22.0 Å². The highest BCUT2D eigenvalue weighted by Crippen LogP contribution is 2.57. The quantitative estimate of drug-likeness (QED) is 0.252. The zero-order chi connectivity index (χ0) is 23.4. The summed E-state index contributed by atoms with van der Waals surface area (Å²) < 4.78 is 95.2. The highest BCUT2D eigenvalue weighted by Gasteiger charge is 2.74. The second-order valence-electron chi connectivity index (χ2n) is 5.97.